The minimum Gasteiger partial charge on any atom is -0.386 e. The van der Waals surface area contributed by atoms with Gasteiger partial charge in [0.25, 0.3) is 17.7 Å². The van der Waals surface area contributed by atoms with Gasteiger partial charge in [-0.15, -0.1) is 68.0 Å². The number of methoxy groups -OCH3 is 1. The van der Waals surface area contributed by atoms with Crippen LogP contribution in [0.25, 0.3) is 43.4 Å². The Hall–Kier alpha value is -6.78. The van der Waals surface area contributed by atoms with Crippen molar-refractivity contribution in [1.82, 2.24) is 61.5 Å². The lowest BCUT2D eigenvalue weighted by atomic mass is 10.0. The molecule has 0 spiro atoms. The molecule has 26 heteroatoms. The molecule has 73 heavy (non-hydrogen) atoms. The summed E-state index contributed by atoms with van der Waals surface area (Å²) in [4.78, 5) is 103. The van der Waals surface area contributed by atoms with Crippen LogP contribution in [0.2, 0.25) is 0 Å². The average Bonchev–Trinajstić information content (AvgIpc) is 4.26. The number of carbonyl (C=O) groups is 5. The monoisotopic (exact) mass is 1100 g/mol. The van der Waals surface area contributed by atoms with Crippen LogP contribution in [0.3, 0.4) is 0 Å². The second-order valence-electron chi connectivity index (χ2n) is 16.7. The van der Waals surface area contributed by atoms with Gasteiger partial charge in [-0.3, -0.25) is 24.0 Å². The number of nitrogens with zero attached hydrogens (tertiary/aromatic N) is 7. The van der Waals surface area contributed by atoms with Gasteiger partial charge in [0.15, 0.2) is 0 Å². The molecule has 0 unspecified atom stereocenters. The quantitative estimate of drug-likeness (QED) is 0.0815. The van der Waals surface area contributed by atoms with Crippen LogP contribution < -0.4 is 32.3 Å². The Labute approximate surface area is 441 Å². The van der Waals surface area contributed by atoms with E-state index < -0.39 is 54.4 Å². The molecule has 376 valence electrons. The molecule has 8 aromatic rings. The molecule has 7 aromatic heterocycles. The third kappa shape index (κ3) is 11.2. The van der Waals surface area contributed by atoms with E-state index in [0.29, 0.717) is 79.5 Å². The Bertz CT molecular complexity index is 3340. The Morgan fingerprint density at radius 1 is 0.726 bits per heavy atom. The van der Waals surface area contributed by atoms with Gasteiger partial charge < -0.3 is 42.2 Å². The standard InChI is InChI=1S/C47H45N13O7S6/c1-20(2)33-47-60-36(29(73-47)15-67-5)40(65)50-14-32(62)57-37(38(63)22-9-7-6-8-10-22)46-55-28(18-70-46)44-53-26(16-69-44)35-23(11-12-24(51-35)43-56-30(48)19-71-43)42-54-27(17-68-42)39(64)52-25(13-31(61)49-4)45-59-34(21(3)72-45)41(66)58-33/h6-12,16-20,25,33,37-38,63H,13-15,48H2,1-5H3,(H,49,61)(H,50,65)(H,52,64)(H,57,62)(H,58,66)/t25-,33+,37-,38-/m0/s1. The number of aliphatic hydroxyl groups is 1. The van der Waals surface area contributed by atoms with Crippen molar-refractivity contribution in [2.75, 3.05) is 26.4 Å². The fourth-order valence-corrected chi connectivity index (χ4v) is 13.0. The van der Waals surface area contributed by atoms with Crippen molar-refractivity contribution >= 4 is 103 Å². The number of fused-ring (bicyclic) bond motifs is 14. The summed E-state index contributed by atoms with van der Waals surface area (Å²) in [6.45, 7) is 5.04. The van der Waals surface area contributed by atoms with E-state index >= 15 is 0 Å². The number of rotatable bonds is 8. The SMILES string of the molecule is CNC(=O)C[C@@H]1NC(=O)c2csc(n2)-c2ccc(-c3nc(N)cs3)nc2-c2csc(n2)-c2csc(n2)[C@H]([C@@H](O)c2ccccc2)NC(=O)CNC(=O)c2nc(sc2COC)[C@@H](C(C)C)NC(=O)c2nc1sc2C. The van der Waals surface area contributed by atoms with Gasteiger partial charge in [0.2, 0.25) is 11.8 Å². The van der Waals surface area contributed by atoms with E-state index in [2.05, 4.69) is 41.5 Å². The highest BCUT2D eigenvalue weighted by molar-refractivity contribution is 7.15. The van der Waals surface area contributed by atoms with Gasteiger partial charge in [0.05, 0.1) is 42.2 Å². The Kier molecular flexibility index (Phi) is 15.5. The van der Waals surface area contributed by atoms with Crippen molar-refractivity contribution in [2.45, 2.75) is 58.0 Å². The van der Waals surface area contributed by atoms with E-state index in [1.165, 1.54) is 70.8 Å². The zero-order chi connectivity index (χ0) is 51.5. The summed E-state index contributed by atoms with van der Waals surface area (Å²) in [6, 6.07) is 9.76. The van der Waals surface area contributed by atoms with Gasteiger partial charge in [0.1, 0.15) is 82.2 Å². The van der Waals surface area contributed by atoms with Crippen molar-refractivity contribution in [3.8, 4) is 43.4 Å². The molecule has 1 aromatic carbocycles. The van der Waals surface area contributed by atoms with Crippen molar-refractivity contribution in [3.05, 3.63) is 111 Å². The number of hydrogen-bond acceptors (Lipinski definition) is 21. The fourth-order valence-electron chi connectivity index (χ4n) is 7.60. The fraction of sp³-hybridized carbons (Fsp3) is 0.277. The largest absolute Gasteiger partial charge is 0.386 e. The molecule has 8 heterocycles. The second kappa shape index (κ2) is 22.1. The van der Waals surface area contributed by atoms with E-state index in [1.54, 1.807) is 53.4 Å². The number of hydrogen-bond donors (Lipinski definition) is 7. The van der Waals surface area contributed by atoms with Crippen molar-refractivity contribution < 1.29 is 33.8 Å². The lowest BCUT2D eigenvalue weighted by Crippen LogP contribution is -2.40. The molecule has 0 radical (unpaired) electrons. The zero-order valence-electron chi connectivity index (χ0n) is 39.4. The second-order valence-corrected chi connectivity index (χ2v) is 22.5. The summed E-state index contributed by atoms with van der Waals surface area (Å²) in [7, 11) is 2.96. The van der Waals surface area contributed by atoms with Crippen LogP contribution in [0.5, 0.6) is 0 Å². The van der Waals surface area contributed by atoms with Gasteiger partial charge in [-0.1, -0.05) is 44.2 Å². The summed E-state index contributed by atoms with van der Waals surface area (Å²) >= 11 is 7.40. The Morgan fingerprint density at radius 2 is 1.44 bits per heavy atom. The minimum absolute atomic E-state index is 0.0147. The molecule has 0 saturated carbocycles. The van der Waals surface area contributed by atoms with E-state index in [4.69, 9.17) is 30.4 Å². The average molecular weight is 1100 g/mol. The molecular formula is C47H45N13O7S6. The van der Waals surface area contributed by atoms with Gasteiger partial charge in [0, 0.05) is 46.1 Å². The number of aryl methyl sites for hydroxylation is 1. The summed E-state index contributed by atoms with van der Waals surface area (Å²) in [5.41, 5.74) is 9.16. The number of nitrogen functional groups attached to an aromatic ring is 1. The molecule has 5 amide bonds. The number of benzene rings is 1. The molecule has 1 aliphatic rings. The maximum Gasteiger partial charge on any atom is 0.271 e. The first-order chi connectivity index (χ1) is 35.2. The number of anilines is 1. The molecule has 10 bridgehead atoms. The highest BCUT2D eigenvalue weighted by Gasteiger charge is 2.32. The number of amides is 5. The number of nitrogens with two attached hydrogens (primary N) is 1. The predicted molar refractivity (Wildman–Crippen MR) is 281 cm³/mol. The first-order valence-corrected chi connectivity index (χ1v) is 27.5. The molecule has 0 saturated heterocycles. The van der Waals surface area contributed by atoms with E-state index in [-0.39, 0.29) is 41.9 Å². The van der Waals surface area contributed by atoms with Crippen LogP contribution in [0.4, 0.5) is 5.82 Å². The van der Waals surface area contributed by atoms with Crippen LogP contribution in [0.1, 0.15) is 106 Å². The number of aromatic nitrogens is 7. The van der Waals surface area contributed by atoms with Gasteiger partial charge in [-0.05, 0) is 30.5 Å². The first-order valence-electron chi connectivity index (χ1n) is 22.4. The van der Waals surface area contributed by atoms with E-state index in [9.17, 15) is 29.1 Å². The Balaban J connectivity index is 1.13. The van der Waals surface area contributed by atoms with Crippen LogP contribution >= 0.6 is 68.0 Å². The van der Waals surface area contributed by atoms with Crippen molar-refractivity contribution in [3.63, 3.8) is 0 Å². The number of carbonyl (C=O) groups excluding carboxylic acids is 5. The molecule has 8 N–H and O–H groups in total. The normalized spacial score (nSPS) is 17.1. The predicted octanol–water partition coefficient (Wildman–Crippen LogP) is 6.89. The number of pyridine rings is 1. The topological polar surface area (TPSA) is 291 Å². The minimum atomic E-state index is -1.24. The summed E-state index contributed by atoms with van der Waals surface area (Å²) in [5.74, 6) is -2.64. The molecule has 4 atom stereocenters. The smallest absolute Gasteiger partial charge is 0.271 e. The number of ether oxygens (including phenoxy) is 1. The third-order valence-corrected chi connectivity index (χ3v) is 17.0. The maximum absolute atomic E-state index is 14.2. The Morgan fingerprint density at radius 3 is 2.18 bits per heavy atom. The lowest BCUT2D eigenvalue weighted by molar-refractivity contribution is -0.122. The van der Waals surface area contributed by atoms with Crippen molar-refractivity contribution in [1.29, 1.82) is 0 Å². The van der Waals surface area contributed by atoms with Crippen molar-refractivity contribution in [2.24, 2.45) is 5.92 Å². The summed E-state index contributed by atoms with van der Waals surface area (Å²) in [5, 5.41) is 35.5. The molecular weight excluding hydrogens is 1050 g/mol. The highest BCUT2D eigenvalue weighted by atomic mass is 32.1. The van der Waals surface area contributed by atoms with Gasteiger partial charge in [-0.25, -0.2) is 34.9 Å². The van der Waals surface area contributed by atoms with Crippen LogP contribution in [0, 0.1) is 12.8 Å². The zero-order valence-corrected chi connectivity index (χ0v) is 44.3. The first kappa shape index (κ1) is 51.1. The number of nitrogens with one attached hydrogen (secondary N) is 5. The van der Waals surface area contributed by atoms with E-state index in [1.807, 2.05) is 31.4 Å². The molecule has 20 nitrogen and oxygen atoms in total. The van der Waals surface area contributed by atoms with Crippen LogP contribution in [0.15, 0.2) is 64.0 Å². The van der Waals surface area contributed by atoms with Crippen LogP contribution in [-0.4, -0.2) is 90.2 Å². The van der Waals surface area contributed by atoms with Gasteiger partial charge >= 0.3 is 0 Å². The third-order valence-electron chi connectivity index (χ3n) is 11.3. The number of aliphatic hydroxyl groups excluding tert-OH is 1. The summed E-state index contributed by atoms with van der Waals surface area (Å²) < 4.78 is 5.44. The lowest BCUT2D eigenvalue weighted by Gasteiger charge is -2.23. The number of thiazole rings is 6. The van der Waals surface area contributed by atoms with Crippen LogP contribution in [-0.2, 0) is 20.9 Å². The molecule has 0 aliphatic carbocycles. The highest BCUT2D eigenvalue weighted by Crippen LogP contribution is 2.40. The van der Waals surface area contributed by atoms with E-state index in [0.717, 1.165) is 11.3 Å². The van der Waals surface area contributed by atoms with Gasteiger partial charge in [-0.2, -0.15) is 0 Å². The summed E-state index contributed by atoms with van der Waals surface area (Å²) in [6.07, 6.45) is -1.43. The molecule has 9 rings (SSSR count). The molecule has 1 aliphatic heterocycles. The molecule has 0 fully saturated rings. The maximum atomic E-state index is 14.2.